The molecule has 8 nitrogen and oxygen atoms in total. The number of aromatic nitrogens is 2. The Hall–Kier alpha value is -4.44. The molecule has 0 bridgehead atoms. The molecule has 0 aliphatic heterocycles. The number of aromatic hydroxyl groups is 1. The second-order valence-corrected chi connectivity index (χ2v) is 9.42. The average molecular weight is 534 g/mol. The van der Waals surface area contributed by atoms with E-state index in [9.17, 15) is 23.5 Å². The van der Waals surface area contributed by atoms with Crippen LogP contribution < -0.4 is 10.6 Å². The van der Waals surface area contributed by atoms with Crippen LogP contribution >= 0.6 is 0 Å². The molecule has 0 saturated carbocycles. The van der Waals surface area contributed by atoms with Crippen LogP contribution in [0.25, 0.3) is 10.9 Å². The number of nitrogens with one attached hydrogen (secondary N) is 2. The van der Waals surface area contributed by atoms with Gasteiger partial charge in [-0.2, -0.15) is 0 Å². The molecule has 0 aliphatic rings. The van der Waals surface area contributed by atoms with Gasteiger partial charge in [0.1, 0.15) is 22.8 Å². The summed E-state index contributed by atoms with van der Waals surface area (Å²) in [7, 11) is 3.84. The average Bonchev–Trinajstić information content (AvgIpc) is 2.92. The molecule has 39 heavy (non-hydrogen) atoms. The lowest BCUT2D eigenvalue weighted by atomic mass is 10.0. The van der Waals surface area contributed by atoms with Gasteiger partial charge in [-0.05, 0) is 80.5 Å². The lowest BCUT2D eigenvalue weighted by molar-refractivity contribution is 0.0941. The lowest BCUT2D eigenvalue weighted by Gasteiger charge is -2.14. The van der Waals surface area contributed by atoms with Crippen molar-refractivity contribution in [2.75, 3.05) is 27.2 Å². The number of nitrogens with zero attached hydrogens (tertiary/aromatic N) is 3. The van der Waals surface area contributed by atoms with Crippen LogP contribution in [0.1, 0.15) is 44.1 Å². The molecule has 0 aliphatic carbocycles. The third-order valence-corrected chi connectivity index (χ3v) is 6.06. The number of carbonyl (C=O) groups excluding carboxylic acids is 2. The Morgan fingerprint density at radius 1 is 0.872 bits per heavy atom. The summed E-state index contributed by atoms with van der Waals surface area (Å²) in [5, 5.41) is 16.6. The van der Waals surface area contributed by atoms with Crippen LogP contribution in [0, 0.1) is 11.6 Å². The SMILES string of the molecule is CN(C)CCCNC(=O)c1nc(C(=O)NCc2ccc(F)cc2)c2cc(Cc3ccc(F)cc3)cnc2c1O. The molecular weight excluding hydrogens is 504 g/mol. The van der Waals surface area contributed by atoms with Crippen LogP contribution in [0.2, 0.25) is 0 Å². The number of fused-ring (bicyclic) bond motifs is 1. The molecule has 0 atom stereocenters. The summed E-state index contributed by atoms with van der Waals surface area (Å²) in [5.41, 5.74) is 1.85. The quantitative estimate of drug-likeness (QED) is 0.268. The van der Waals surface area contributed by atoms with E-state index >= 15 is 0 Å². The number of hydrogen-bond acceptors (Lipinski definition) is 6. The van der Waals surface area contributed by atoms with E-state index in [1.165, 1.54) is 30.5 Å². The molecule has 2 amide bonds. The largest absolute Gasteiger partial charge is 0.504 e. The number of carbonyl (C=O) groups is 2. The third-order valence-electron chi connectivity index (χ3n) is 6.06. The minimum absolute atomic E-state index is 0.0539. The van der Waals surface area contributed by atoms with Crippen molar-refractivity contribution in [1.82, 2.24) is 25.5 Å². The van der Waals surface area contributed by atoms with Crippen LogP contribution in [-0.2, 0) is 13.0 Å². The van der Waals surface area contributed by atoms with Gasteiger partial charge in [0.2, 0.25) is 0 Å². The lowest BCUT2D eigenvalue weighted by Crippen LogP contribution is -2.29. The molecule has 2 heterocycles. The van der Waals surface area contributed by atoms with E-state index in [-0.39, 0.29) is 34.7 Å². The smallest absolute Gasteiger partial charge is 0.273 e. The highest BCUT2D eigenvalue weighted by molar-refractivity contribution is 6.09. The number of benzene rings is 2. The molecule has 0 fully saturated rings. The van der Waals surface area contributed by atoms with Crippen molar-refractivity contribution in [3.05, 3.63) is 101 Å². The maximum Gasteiger partial charge on any atom is 0.273 e. The molecular formula is C29H29F2N5O3. The van der Waals surface area contributed by atoms with Gasteiger partial charge in [-0.25, -0.2) is 13.8 Å². The predicted octanol–water partition coefficient (Wildman–Crippen LogP) is 3.82. The number of amides is 2. The van der Waals surface area contributed by atoms with Crippen LogP contribution in [0.15, 0.2) is 60.8 Å². The van der Waals surface area contributed by atoms with Gasteiger partial charge < -0.3 is 20.6 Å². The fourth-order valence-corrected chi connectivity index (χ4v) is 4.03. The summed E-state index contributed by atoms with van der Waals surface area (Å²) in [5.74, 6) is -2.39. The molecule has 2 aromatic carbocycles. The molecule has 0 unspecified atom stereocenters. The first-order valence-electron chi connectivity index (χ1n) is 12.4. The van der Waals surface area contributed by atoms with Gasteiger partial charge in [0.25, 0.3) is 11.8 Å². The van der Waals surface area contributed by atoms with Gasteiger partial charge in [-0.15, -0.1) is 0 Å². The van der Waals surface area contributed by atoms with E-state index in [0.29, 0.717) is 30.5 Å². The fraction of sp³-hybridized carbons (Fsp3) is 0.241. The van der Waals surface area contributed by atoms with Crippen molar-refractivity contribution in [2.45, 2.75) is 19.4 Å². The minimum Gasteiger partial charge on any atom is -0.504 e. The topological polar surface area (TPSA) is 107 Å². The van der Waals surface area contributed by atoms with Crippen molar-refractivity contribution in [1.29, 1.82) is 0 Å². The van der Waals surface area contributed by atoms with E-state index in [1.54, 1.807) is 30.3 Å². The van der Waals surface area contributed by atoms with Crippen molar-refractivity contribution in [3.63, 3.8) is 0 Å². The molecule has 0 spiro atoms. The maximum absolute atomic E-state index is 13.3. The molecule has 0 radical (unpaired) electrons. The molecule has 2 aromatic heterocycles. The molecule has 202 valence electrons. The number of pyridine rings is 2. The monoisotopic (exact) mass is 533 g/mol. The zero-order chi connectivity index (χ0) is 27.9. The van der Waals surface area contributed by atoms with Gasteiger partial charge >= 0.3 is 0 Å². The van der Waals surface area contributed by atoms with Gasteiger partial charge in [0.15, 0.2) is 11.4 Å². The fourth-order valence-electron chi connectivity index (χ4n) is 4.03. The normalized spacial score (nSPS) is 11.1. The molecule has 10 heteroatoms. The summed E-state index contributed by atoms with van der Waals surface area (Å²) in [6.07, 6.45) is 2.61. The minimum atomic E-state index is -0.627. The predicted molar refractivity (Wildman–Crippen MR) is 143 cm³/mol. The summed E-state index contributed by atoms with van der Waals surface area (Å²) in [4.78, 5) is 36.8. The Morgan fingerprint density at radius 3 is 2.13 bits per heavy atom. The maximum atomic E-state index is 13.3. The van der Waals surface area contributed by atoms with Crippen molar-refractivity contribution < 1.29 is 23.5 Å². The Bertz CT molecular complexity index is 1480. The zero-order valence-corrected chi connectivity index (χ0v) is 21.7. The van der Waals surface area contributed by atoms with E-state index in [1.807, 2.05) is 19.0 Å². The van der Waals surface area contributed by atoms with E-state index in [2.05, 4.69) is 20.6 Å². The highest BCUT2D eigenvalue weighted by atomic mass is 19.1. The highest BCUT2D eigenvalue weighted by Crippen LogP contribution is 2.29. The standard InChI is InChI=1S/C29H29F2N5O3/c1-36(2)13-3-12-32-29(39)26-27(37)24-23(15-20(17-33-24)14-18-4-8-21(30)9-5-18)25(35-26)28(38)34-16-19-6-10-22(31)11-7-19/h4-11,15,17,37H,3,12-14,16H2,1-2H3,(H,32,39)(H,34,38). The zero-order valence-electron chi connectivity index (χ0n) is 21.7. The summed E-state index contributed by atoms with van der Waals surface area (Å²) in [6, 6.07) is 13.4. The van der Waals surface area contributed by atoms with Crippen LogP contribution in [0.4, 0.5) is 8.78 Å². The van der Waals surface area contributed by atoms with Crippen LogP contribution in [0.5, 0.6) is 5.75 Å². The van der Waals surface area contributed by atoms with Gasteiger partial charge in [0.05, 0.1) is 0 Å². The summed E-state index contributed by atoms with van der Waals surface area (Å²) >= 11 is 0. The molecule has 4 rings (SSSR count). The van der Waals surface area contributed by atoms with E-state index in [0.717, 1.165) is 12.1 Å². The summed E-state index contributed by atoms with van der Waals surface area (Å²) < 4.78 is 26.6. The number of rotatable bonds is 10. The highest BCUT2D eigenvalue weighted by Gasteiger charge is 2.23. The number of halogens is 2. The van der Waals surface area contributed by atoms with Gasteiger partial charge in [-0.1, -0.05) is 24.3 Å². The van der Waals surface area contributed by atoms with Crippen molar-refractivity contribution in [2.24, 2.45) is 0 Å². The second kappa shape index (κ2) is 12.4. The molecule has 0 saturated heterocycles. The van der Waals surface area contributed by atoms with Gasteiger partial charge in [-0.3, -0.25) is 14.6 Å². The van der Waals surface area contributed by atoms with E-state index < -0.39 is 23.4 Å². The van der Waals surface area contributed by atoms with E-state index in [4.69, 9.17) is 0 Å². The Morgan fingerprint density at radius 2 is 1.49 bits per heavy atom. The molecule has 4 aromatic rings. The summed E-state index contributed by atoms with van der Waals surface area (Å²) in [6.45, 7) is 1.21. The first-order valence-corrected chi connectivity index (χ1v) is 12.4. The Kier molecular flexibility index (Phi) is 8.77. The second-order valence-electron chi connectivity index (χ2n) is 9.42. The first kappa shape index (κ1) is 27.6. The van der Waals surface area contributed by atoms with Crippen molar-refractivity contribution >= 4 is 22.7 Å². The number of hydrogen-bond donors (Lipinski definition) is 3. The molecule has 3 N–H and O–H groups in total. The first-order chi connectivity index (χ1) is 18.7. The Labute approximate surface area is 224 Å². The van der Waals surface area contributed by atoms with Crippen LogP contribution in [-0.4, -0.2) is 59.0 Å². The van der Waals surface area contributed by atoms with Crippen LogP contribution in [0.3, 0.4) is 0 Å². The third kappa shape index (κ3) is 7.11. The van der Waals surface area contributed by atoms with Gasteiger partial charge in [0, 0.05) is 24.7 Å². The Balaban J connectivity index is 1.67. The van der Waals surface area contributed by atoms with Crippen molar-refractivity contribution in [3.8, 4) is 5.75 Å².